The molecule has 0 unspecified atom stereocenters. The summed E-state index contributed by atoms with van der Waals surface area (Å²) in [5.74, 6) is -3.16. The Hall–Kier alpha value is -3.29. The van der Waals surface area contributed by atoms with Crippen molar-refractivity contribution in [1.29, 1.82) is 0 Å². The molecule has 0 saturated carbocycles. The summed E-state index contributed by atoms with van der Waals surface area (Å²) in [5, 5.41) is 2.76. The monoisotopic (exact) mass is 399 g/mol. The van der Waals surface area contributed by atoms with Gasteiger partial charge in [0.1, 0.15) is 0 Å². The van der Waals surface area contributed by atoms with E-state index in [1.807, 2.05) is 0 Å². The smallest absolute Gasteiger partial charge is 0.267 e. The topological polar surface area (TPSA) is 69.7 Å². The maximum absolute atomic E-state index is 13.6. The first-order valence-corrected chi connectivity index (χ1v) is 9.23. The van der Waals surface area contributed by atoms with Gasteiger partial charge < -0.3 is 10.2 Å². The second-order valence-electron chi connectivity index (χ2n) is 7.30. The summed E-state index contributed by atoms with van der Waals surface area (Å²) in [6, 6.07) is 9.38. The first-order valence-electron chi connectivity index (χ1n) is 9.23. The number of hydrogen-bond acceptors (Lipinski definition) is 3. The predicted molar refractivity (Wildman–Crippen MR) is 101 cm³/mol. The van der Waals surface area contributed by atoms with Crippen LogP contribution in [0, 0.1) is 11.6 Å². The summed E-state index contributed by atoms with van der Waals surface area (Å²) in [7, 11) is 1.49. The Labute approximate surface area is 166 Å². The van der Waals surface area contributed by atoms with Gasteiger partial charge in [-0.3, -0.25) is 19.3 Å². The van der Waals surface area contributed by atoms with Crippen molar-refractivity contribution < 1.29 is 23.2 Å². The van der Waals surface area contributed by atoms with Gasteiger partial charge in [0.2, 0.25) is 11.6 Å². The number of amides is 3. The van der Waals surface area contributed by atoms with Gasteiger partial charge in [0, 0.05) is 19.9 Å². The van der Waals surface area contributed by atoms with Crippen molar-refractivity contribution >= 4 is 23.4 Å². The molecular weight excluding hydrogens is 380 g/mol. The highest BCUT2D eigenvalue weighted by atomic mass is 19.2. The third-order valence-electron chi connectivity index (χ3n) is 5.70. The Morgan fingerprint density at radius 1 is 1.14 bits per heavy atom. The molecule has 0 aliphatic carbocycles. The van der Waals surface area contributed by atoms with Crippen molar-refractivity contribution in [3.8, 4) is 0 Å². The van der Waals surface area contributed by atoms with E-state index in [2.05, 4.69) is 5.32 Å². The molecule has 2 heterocycles. The number of benzene rings is 2. The van der Waals surface area contributed by atoms with Crippen LogP contribution in [-0.2, 0) is 9.59 Å². The SMILES string of the molecule is C[C@H](NC(=O)[C@@]12CCC(=O)N1c1ccccc1C(=O)N2C)c1ccc(F)c(F)c1. The lowest BCUT2D eigenvalue weighted by atomic mass is 9.95. The van der Waals surface area contributed by atoms with Gasteiger partial charge in [-0.25, -0.2) is 8.78 Å². The third-order valence-corrected chi connectivity index (χ3v) is 5.70. The molecule has 2 aromatic carbocycles. The lowest BCUT2D eigenvalue weighted by Crippen LogP contribution is -2.69. The van der Waals surface area contributed by atoms with E-state index in [0.717, 1.165) is 12.1 Å². The number of rotatable bonds is 3. The van der Waals surface area contributed by atoms with Crippen molar-refractivity contribution in [3.05, 3.63) is 65.2 Å². The molecule has 1 fully saturated rings. The number of nitrogens with zero attached hydrogens (tertiary/aromatic N) is 2. The molecule has 2 atom stereocenters. The van der Waals surface area contributed by atoms with Crippen molar-refractivity contribution in [2.24, 2.45) is 0 Å². The number of likely N-dealkylation sites (N-methyl/N-ethyl adjacent to an activating group) is 1. The van der Waals surface area contributed by atoms with Crippen LogP contribution >= 0.6 is 0 Å². The number of hydrogen-bond donors (Lipinski definition) is 1. The highest BCUT2D eigenvalue weighted by Crippen LogP contribution is 2.44. The molecule has 2 aromatic rings. The molecule has 0 spiro atoms. The molecule has 2 aliphatic heterocycles. The summed E-state index contributed by atoms with van der Waals surface area (Å²) in [4.78, 5) is 41.7. The third kappa shape index (κ3) is 2.70. The van der Waals surface area contributed by atoms with E-state index in [1.165, 1.54) is 22.9 Å². The standard InChI is InChI=1S/C21H19F2N3O3/c1-12(13-7-8-15(22)16(23)11-13)24-20(29)21-10-9-18(27)26(21)17-6-4-3-5-14(17)19(28)25(21)2/h3-8,11-12H,9-10H2,1-2H3,(H,24,29)/t12-,21+/m0/s1. The Morgan fingerprint density at radius 2 is 1.86 bits per heavy atom. The number of carbonyl (C=O) groups is 3. The second kappa shape index (κ2) is 6.65. The van der Waals surface area contributed by atoms with Gasteiger partial charge in [-0.15, -0.1) is 0 Å². The van der Waals surface area contributed by atoms with Gasteiger partial charge in [-0.2, -0.15) is 0 Å². The summed E-state index contributed by atoms with van der Waals surface area (Å²) < 4.78 is 26.8. The largest absolute Gasteiger partial charge is 0.346 e. The van der Waals surface area contributed by atoms with Crippen LogP contribution in [0.3, 0.4) is 0 Å². The van der Waals surface area contributed by atoms with Crippen molar-refractivity contribution in [3.63, 3.8) is 0 Å². The summed E-state index contributed by atoms with van der Waals surface area (Å²) in [6.07, 6.45) is 0.248. The molecule has 2 aliphatic rings. The predicted octanol–water partition coefficient (Wildman–Crippen LogP) is 2.75. The fourth-order valence-corrected chi connectivity index (χ4v) is 4.11. The summed E-state index contributed by atoms with van der Waals surface area (Å²) in [5.41, 5.74) is -0.388. The van der Waals surface area contributed by atoms with E-state index in [-0.39, 0.29) is 24.7 Å². The molecule has 6 nitrogen and oxygen atoms in total. The number of nitrogens with one attached hydrogen (secondary N) is 1. The summed E-state index contributed by atoms with van der Waals surface area (Å²) in [6.45, 7) is 1.63. The Bertz CT molecular complexity index is 1040. The van der Waals surface area contributed by atoms with Gasteiger partial charge in [0.15, 0.2) is 11.6 Å². The zero-order valence-electron chi connectivity index (χ0n) is 15.9. The van der Waals surface area contributed by atoms with Gasteiger partial charge in [-0.05, 0) is 36.8 Å². The van der Waals surface area contributed by atoms with Crippen LogP contribution in [0.4, 0.5) is 14.5 Å². The van der Waals surface area contributed by atoms with E-state index >= 15 is 0 Å². The van der Waals surface area contributed by atoms with Crippen molar-refractivity contribution in [1.82, 2.24) is 10.2 Å². The first-order chi connectivity index (χ1) is 13.8. The second-order valence-corrected chi connectivity index (χ2v) is 7.30. The van der Waals surface area contributed by atoms with E-state index in [0.29, 0.717) is 16.8 Å². The van der Waals surface area contributed by atoms with Gasteiger partial charge in [0.25, 0.3) is 11.8 Å². The van der Waals surface area contributed by atoms with E-state index in [9.17, 15) is 23.2 Å². The highest BCUT2D eigenvalue weighted by molar-refractivity contribution is 6.16. The minimum Gasteiger partial charge on any atom is -0.346 e. The minimum absolute atomic E-state index is 0.110. The highest BCUT2D eigenvalue weighted by Gasteiger charge is 2.59. The first kappa shape index (κ1) is 19.0. The van der Waals surface area contributed by atoms with E-state index < -0.39 is 29.2 Å². The lowest BCUT2D eigenvalue weighted by molar-refractivity contribution is -0.133. The molecule has 0 bridgehead atoms. The number of carbonyl (C=O) groups excluding carboxylic acids is 3. The average Bonchev–Trinajstić information content (AvgIpc) is 3.06. The van der Waals surface area contributed by atoms with Gasteiger partial charge >= 0.3 is 0 Å². The number of anilines is 1. The molecule has 1 saturated heterocycles. The normalized spacial score (nSPS) is 21.7. The maximum atomic E-state index is 13.6. The van der Waals surface area contributed by atoms with Crippen LogP contribution in [0.5, 0.6) is 0 Å². The molecule has 1 N–H and O–H groups in total. The molecule has 0 aromatic heterocycles. The minimum atomic E-state index is -1.50. The van der Waals surface area contributed by atoms with E-state index in [4.69, 9.17) is 0 Å². The molecule has 0 radical (unpaired) electrons. The van der Waals surface area contributed by atoms with Crippen LogP contribution in [0.25, 0.3) is 0 Å². The fraction of sp³-hybridized carbons (Fsp3) is 0.286. The number of halogens is 2. The molecule has 8 heteroatoms. The van der Waals surface area contributed by atoms with Crippen molar-refractivity contribution in [2.75, 3.05) is 11.9 Å². The zero-order valence-corrected chi connectivity index (χ0v) is 15.9. The zero-order chi connectivity index (χ0) is 20.9. The molecule has 3 amide bonds. The number of fused-ring (bicyclic) bond motifs is 3. The molecule has 150 valence electrons. The fourth-order valence-electron chi connectivity index (χ4n) is 4.11. The number of para-hydroxylation sites is 1. The van der Waals surface area contributed by atoms with Crippen molar-refractivity contribution in [2.45, 2.75) is 31.5 Å². The quantitative estimate of drug-likeness (QED) is 0.863. The molecule has 29 heavy (non-hydrogen) atoms. The maximum Gasteiger partial charge on any atom is 0.267 e. The Morgan fingerprint density at radius 3 is 2.59 bits per heavy atom. The van der Waals surface area contributed by atoms with Crippen LogP contribution in [-0.4, -0.2) is 35.3 Å². The Kier molecular flexibility index (Phi) is 4.37. The van der Waals surface area contributed by atoms with E-state index in [1.54, 1.807) is 31.2 Å². The van der Waals surface area contributed by atoms with Crippen LogP contribution < -0.4 is 10.2 Å². The summed E-state index contributed by atoms with van der Waals surface area (Å²) >= 11 is 0. The Balaban J connectivity index is 1.72. The lowest BCUT2D eigenvalue weighted by Gasteiger charge is -2.47. The average molecular weight is 399 g/mol. The van der Waals surface area contributed by atoms with Crippen LogP contribution in [0.15, 0.2) is 42.5 Å². The van der Waals surface area contributed by atoms with Gasteiger partial charge in [-0.1, -0.05) is 18.2 Å². The van der Waals surface area contributed by atoms with Crippen LogP contribution in [0.2, 0.25) is 0 Å². The van der Waals surface area contributed by atoms with Gasteiger partial charge in [0.05, 0.1) is 17.3 Å². The molecule has 4 rings (SSSR count). The molecular formula is C21H19F2N3O3. The van der Waals surface area contributed by atoms with Crippen LogP contribution in [0.1, 0.15) is 41.7 Å².